The number of para-hydroxylation sites is 3. The lowest BCUT2D eigenvalue weighted by Crippen LogP contribution is -2.25. The molecule has 13 rings (SSSR count). The van der Waals surface area contributed by atoms with Crippen LogP contribution in [0.15, 0.2) is 194 Å². The van der Waals surface area contributed by atoms with Gasteiger partial charge in [0.25, 0.3) is 0 Å². The predicted molar refractivity (Wildman–Crippen MR) is 281 cm³/mol. The molecule has 0 radical (unpaired) electrons. The fraction of sp³-hybridized carbons (Fsp3) is 0.145. The molecule has 0 saturated carbocycles. The Hall–Kier alpha value is -8.09. The Morgan fingerprint density at radius 1 is 0.588 bits per heavy atom. The Balaban J connectivity index is 1.13. The van der Waals surface area contributed by atoms with Crippen LogP contribution in [-0.4, -0.2) is 16.2 Å². The van der Waals surface area contributed by atoms with Gasteiger partial charge in [-0.15, -0.1) is 0 Å². The van der Waals surface area contributed by atoms with Gasteiger partial charge in [0.15, 0.2) is 0 Å². The highest BCUT2D eigenvalue weighted by Gasteiger charge is 2.32. The predicted octanol–water partition coefficient (Wildman–Crippen LogP) is 16.8. The molecule has 3 aliphatic rings. The maximum absolute atomic E-state index is 9.49. The van der Waals surface area contributed by atoms with Crippen molar-refractivity contribution in [2.75, 3.05) is 16.5 Å². The topological polar surface area (TPSA) is 42.8 Å². The van der Waals surface area contributed by atoms with Crippen molar-refractivity contribution in [3.8, 4) is 62.2 Å². The average molecular weight is 891 g/mol. The van der Waals surface area contributed by atoms with Crippen molar-refractivity contribution in [1.29, 1.82) is 0 Å². The third kappa shape index (κ3) is 7.33. The Bertz CT molecular complexity index is 3900. The zero-order valence-electron chi connectivity index (χ0n) is 44.6. The maximum atomic E-state index is 9.49. The van der Waals surface area contributed by atoms with Gasteiger partial charge >= 0.3 is 0 Å². The van der Waals surface area contributed by atoms with E-state index in [1.807, 2.05) is 146 Å². The summed E-state index contributed by atoms with van der Waals surface area (Å²) >= 11 is 0. The molecule has 0 N–H and O–H groups in total. The van der Waals surface area contributed by atoms with Crippen LogP contribution in [0.1, 0.15) is 54.0 Å². The lowest BCUT2D eigenvalue weighted by molar-refractivity contribution is 0.483. The van der Waals surface area contributed by atoms with Crippen LogP contribution < -0.4 is 19.3 Å². The highest BCUT2D eigenvalue weighted by Crippen LogP contribution is 2.51. The van der Waals surface area contributed by atoms with Crippen molar-refractivity contribution in [1.82, 2.24) is 9.55 Å². The third-order valence-corrected chi connectivity index (χ3v) is 12.9. The molecular formula is C62H52N4O2. The van der Waals surface area contributed by atoms with E-state index < -0.39 is 11.8 Å². The Morgan fingerprint density at radius 2 is 1.21 bits per heavy atom. The standard InChI is InChI=1S/C62H52N4O2/c1-40(2)30-41-31-52(42-16-7-6-8-17-42)61-53(32-41)43-18-13-21-46(33-43)67-47-22-14-19-44(34-47)54-38-63-60(37-55(54)62(3,4)5)66-56-25-10-9-24-50(56)51-29-28-49(36-59(51)66)68-48-23-15-20-45(35-48)64-39-65(61)58-27-12-11-26-57(58)64/h6-29,31-38,40H,30,39H2,1-5H3/i9D,10D,24D,25D,30D2. The van der Waals surface area contributed by atoms with E-state index in [-0.39, 0.29) is 30.1 Å². The molecular weight excluding hydrogens is 833 g/mol. The molecule has 3 aliphatic heterocycles. The molecule has 0 unspecified atom stereocenters. The average Bonchev–Trinajstić information content (AvgIpc) is 3.97. The number of benzene rings is 8. The van der Waals surface area contributed by atoms with Crippen LogP contribution in [0.4, 0.5) is 22.7 Å². The van der Waals surface area contributed by atoms with Crippen molar-refractivity contribution in [2.45, 2.75) is 46.4 Å². The summed E-state index contributed by atoms with van der Waals surface area (Å²) in [5.74, 6) is 2.51. The minimum absolute atomic E-state index is 0.125. The molecule has 0 amide bonds. The molecule has 0 atom stereocenters. The van der Waals surface area contributed by atoms with E-state index in [0.717, 1.165) is 61.7 Å². The third-order valence-electron chi connectivity index (χ3n) is 12.9. The van der Waals surface area contributed by atoms with Gasteiger partial charge in [-0.2, -0.15) is 0 Å². The normalized spacial score (nSPS) is 14.6. The summed E-state index contributed by atoms with van der Waals surface area (Å²) in [7, 11) is 0. The number of anilines is 4. The molecule has 0 aliphatic carbocycles. The van der Waals surface area contributed by atoms with Gasteiger partial charge in [0.05, 0.1) is 33.6 Å². The number of fused-ring (bicyclic) bond motifs is 5. The van der Waals surface area contributed by atoms with Gasteiger partial charge < -0.3 is 19.3 Å². The van der Waals surface area contributed by atoms with Crippen molar-refractivity contribution in [2.24, 2.45) is 5.92 Å². The molecule has 5 heterocycles. The van der Waals surface area contributed by atoms with Crippen LogP contribution in [0, 0.1) is 5.92 Å². The van der Waals surface area contributed by atoms with Crippen molar-refractivity contribution >= 4 is 44.6 Å². The van der Waals surface area contributed by atoms with Crippen molar-refractivity contribution < 1.29 is 17.7 Å². The molecule has 10 aromatic rings. The fourth-order valence-electron chi connectivity index (χ4n) is 9.88. The molecule has 332 valence electrons. The monoisotopic (exact) mass is 890 g/mol. The summed E-state index contributed by atoms with van der Waals surface area (Å²) in [5.41, 5.74) is 11.2. The number of hydrogen-bond acceptors (Lipinski definition) is 5. The number of aromatic nitrogens is 2. The van der Waals surface area contributed by atoms with Gasteiger partial charge in [0.2, 0.25) is 0 Å². The van der Waals surface area contributed by atoms with E-state index in [1.54, 1.807) is 0 Å². The summed E-state index contributed by atoms with van der Waals surface area (Å²) in [6.07, 6.45) is 0.183. The Labute approximate surface area is 406 Å². The second-order valence-corrected chi connectivity index (χ2v) is 18.9. The van der Waals surface area contributed by atoms with Crippen LogP contribution in [0.3, 0.4) is 0 Å². The van der Waals surface area contributed by atoms with E-state index in [4.69, 9.17) is 18.6 Å². The molecule has 6 heteroatoms. The second kappa shape index (κ2) is 16.4. The first-order valence-electron chi connectivity index (χ1n) is 26.2. The first-order chi connectivity index (χ1) is 35.5. The van der Waals surface area contributed by atoms with E-state index in [1.165, 1.54) is 0 Å². The van der Waals surface area contributed by atoms with Gasteiger partial charge in [0.1, 0.15) is 35.5 Å². The molecule has 68 heavy (non-hydrogen) atoms. The van der Waals surface area contributed by atoms with Gasteiger partial charge in [-0.1, -0.05) is 126 Å². The highest BCUT2D eigenvalue weighted by molar-refractivity contribution is 6.09. The summed E-state index contributed by atoms with van der Waals surface area (Å²) in [5, 5.41) is 1.04. The van der Waals surface area contributed by atoms with Crippen molar-refractivity contribution in [3.63, 3.8) is 0 Å². The Kier molecular flexibility index (Phi) is 8.45. The molecule has 0 saturated heterocycles. The smallest absolute Gasteiger partial charge is 0.137 e. The zero-order valence-corrected chi connectivity index (χ0v) is 38.6. The quantitative estimate of drug-likeness (QED) is 0.177. The minimum atomic E-state index is -1.66. The first kappa shape index (κ1) is 35.1. The lowest BCUT2D eigenvalue weighted by atomic mass is 9.82. The molecule has 8 aromatic carbocycles. The summed E-state index contributed by atoms with van der Waals surface area (Å²) in [4.78, 5) is 9.69. The van der Waals surface area contributed by atoms with E-state index in [0.29, 0.717) is 62.9 Å². The minimum Gasteiger partial charge on any atom is -0.457 e. The van der Waals surface area contributed by atoms with Crippen LogP contribution in [0.5, 0.6) is 23.0 Å². The van der Waals surface area contributed by atoms with Crippen LogP contribution in [0.25, 0.3) is 61.0 Å². The summed E-state index contributed by atoms with van der Waals surface area (Å²) < 4.78 is 70.3. The number of nitrogens with zero attached hydrogens (tertiary/aromatic N) is 4. The van der Waals surface area contributed by atoms with Crippen molar-refractivity contribution in [3.05, 3.63) is 205 Å². The van der Waals surface area contributed by atoms with Gasteiger partial charge in [-0.05, 0) is 130 Å². The van der Waals surface area contributed by atoms with Gasteiger partial charge in [-0.25, -0.2) is 4.98 Å². The maximum Gasteiger partial charge on any atom is 0.137 e. The number of rotatable bonds is 3. The highest BCUT2D eigenvalue weighted by atomic mass is 16.5. The van der Waals surface area contributed by atoms with E-state index >= 15 is 0 Å². The number of ether oxygens (including phenoxy) is 2. The fourth-order valence-corrected chi connectivity index (χ4v) is 9.88. The van der Waals surface area contributed by atoms with E-state index in [2.05, 4.69) is 73.0 Å². The van der Waals surface area contributed by atoms with Crippen LogP contribution >= 0.6 is 0 Å². The molecule has 12 bridgehead atoms. The summed E-state index contributed by atoms with van der Waals surface area (Å²) in [6.45, 7) is 10.7. The molecule has 0 fully saturated rings. The van der Waals surface area contributed by atoms with Crippen LogP contribution in [-0.2, 0) is 11.8 Å². The summed E-state index contributed by atoms with van der Waals surface area (Å²) in [6, 6.07) is 53.3. The van der Waals surface area contributed by atoms with Gasteiger partial charge in [0, 0.05) is 54.2 Å². The molecule has 0 spiro atoms. The van der Waals surface area contributed by atoms with Crippen LogP contribution in [0.2, 0.25) is 0 Å². The molecule has 2 aromatic heterocycles. The first-order valence-corrected chi connectivity index (χ1v) is 23.2. The Morgan fingerprint density at radius 3 is 1.93 bits per heavy atom. The molecule has 6 nitrogen and oxygen atoms in total. The van der Waals surface area contributed by atoms with E-state index in [9.17, 15) is 4.11 Å². The lowest BCUT2D eigenvalue weighted by Gasteiger charge is -2.28. The number of pyridine rings is 1. The SMILES string of the molecule is [2H]c1c([2H])c([2H])c2c(c1[2H])c1ccc3cc1n2-c1cc(C(C)(C)C)c(cn1)-c1cccc(c1)Oc1cccc(c1)-c1cc(C([2H])([2H])C(C)C)cc(-c2ccccc2)c1N1CN(c2cccc(c2)O3)c2ccccc21. The number of hydrogen-bond donors (Lipinski definition) is 0. The van der Waals surface area contributed by atoms with Gasteiger partial charge in [-0.3, -0.25) is 4.57 Å². The zero-order chi connectivity index (χ0) is 51.4. The second-order valence-electron chi connectivity index (χ2n) is 18.9. The largest absolute Gasteiger partial charge is 0.457 e.